The standard InChI is InChI=1S/C21H35ClN4O6/c1-13(2)10-17(28)23-9-7-18(29)26-15(6-5-8-24-26)21(31)25-20(14(3)4)16(27)12-32-19(30)11-22/h13-15,20,24H,5-12H2,1-4H3,(H,23,28)(H,25,31)/t15-,20+/m0/s1. The predicted octanol–water partition coefficient (Wildman–Crippen LogP) is 0.526. The molecule has 0 aromatic rings. The first-order chi connectivity index (χ1) is 15.1. The Labute approximate surface area is 194 Å². The fourth-order valence-electron chi connectivity index (χ4n) is 3.27. The number of halogens is 1. The van der Waals surface area contributed by atoms with Crippen molar-refractivity contribution in [3.8, 4) is 0 Å². The number of alkyl halides is 1. The van der Waals surface area contributed by atoms with Crippen LogP contribution in [0.25, 0.3) is 0 Å². The van der Waals surface area contributed by atoms with Gasteiger partial charge in [0, 0.05) is 25.9 Å². The van der Waals surface area contributed by atoms with E-state index in [4.69, 9.17) is 16.3 Å². The molecule has 11 heteroatoms. The van der Waals surface area contributed by atoms with Crippen molar-refractivity contribution in [1.82, 2.24) is 21.1 Å². The molecule has 0 spiro atoms. The fraction of sp³-hybridized carbons (Fsp3) is 0.762. The second-order valence-corrected chi connectivity index (χ2v) is 8.79. The number of nitrogens with zero attached hydrogens (tertiary/aromatic N) is 1. The van der Waals surface area contributed by atoms with Crippen molar-refractivity contribution >= 4 is 41.1 Å². The maximum atomic E-state index is 12.9. The molecule has 1 heterocycles. The first-order valence-electron chi connectivity index (χ1n) is 10.9. The quantitative estimate of drug-likeness (QED) is 0.277. The molecule has 0 aliphatic carbocycles. The number of amides is 3. The summed E-state index contributed by atoms with van der Waals surface area (Å²) in [7, 11) is 0. The summed E-state index contributed by atoms with van der Waals surface area (Å²) in [6, 6.07) is -1.66. The average Bonchev–Trinajstić information content (AvgIpc) is 2.74. The molecule has 0 aromatic heterocycles. The number of ketones is 1. The Bertz CT molecular complexity index is 685. The van der Waals surface area contributed by atoms with E-state index in [1.54, 1.807) is 13.8 Å². The lowest BCUT2D eigenvalue weighted by Crippen LogP contribution is -2.61. The maximum Gasteiger partial charge on any atom is 0.321 e. The zero-order valence-corrected chi connectivity index (χ0v) is 20.0. The highest BCUT2D eigenvalue weighted by atomic mass is 35.5. The number of carbonyl (C=O) groups excluding carboxylic acids is 5. The molecule has 0 bridgehead atoms. The summed E-state index contributed by atoms with van der Waals surface area (Å²) in [6.07, 6.45) is 1.54. The van der Waals surface area contributed by atoms with Crippen LogP contribution in [0.4, 0.5) is 0 Å². The molecule has 1 rings (SSSR count). The van der Waals surface area contributed by atoms with Crippen LogP contribution in [0, 0.1) is 11.8 Å². The summed E-state index contributed by atoms with van der Waals surface area (Å²) < 4.78 is 4.77. The van der Waals surface area contributed by atoms with Gasteiger partial charge in [0.1, 0.15) is 11.9 Å². The third-order valence-electron chi connectivity index (χ3n) is 4.87. The van der Waals surface area contributed by atoms with Crippen LogP contribution >= 0.6 is 11.6 Å². The lowest BCUT2D eigenvalue weighted by molar-refractivity contribution is -0.149. The van der Waals surface area contributed by atoms with Gasteiger partial charge in [0.05, 0.1) is 6.04 Å². The molecule has 0 aromatic carbocycles. The number of carbonyl (C=O) groups is 5. The molecule has 1 fully saturated rings. The lowest BCUT2D eigenvalue weighted by Gasteiger charge is -2.36. The molecule has 0 unspecified atom stereocenters. The Balaban J connectivity index is 2.70. The van der Waals surface area contributed by atoms with Gasteiger partial charge in [0.15, 0.2) is 12.4 Å². The van der Waals surface area contributed by atoms with Crippen LogP contribution in [0.3, 0.4) is 0 Å². The van der Waals surface area contributed by atoms with Crippen LogP contribution in [0.2, 0.25) is 0 Å². The molecule has 10 nitrogen and oxygen atoms in total. The van der Waals surface area contributed by atoms with Crippen molar-refractivity contribution in [3.05, 3.63) is 0 Å². The normalized spacial score (nSPS) is 17.1. The number of rotatable bonds is 12. The van der Waals surface area contributed by atoms with E-state index >= 15 is 0 Å². The number of hydrazine groups is 1. The first kappa shape index (κ1) is 27.8. The van der Waals surface area contributed by atoms with Gasteiger partial charge in [-0.1, -0.05) is 27.7 Å². The summed E-state index contributed by atoms with van der Waals surface area (Å²) >= 11 is 5.36. The van der Waals surface area contributed by atoms with E-state index in [0.29, 0.717) is 25.8 Å². The highest BCUT2D eigenvalue weighted by Gasteiger charge is 2.35. The molecule has 0 radical (unpaired) electrons. The second kappa shape index (κ2) is 14.1. The van der Waals surface area contributed by atoms with Gasteiger partial charge in [-0.2, -0.15) is 0 Å². The number of ether oxygens (including phenoxy) is 1. The molecular formula is C21H35ClN4O6. The van der Waals surface area contributed by atoms with Gasteiger partial charge < -0.3 is 15.4 Å². The Morgan fingerprint density at radius 2 is 1.84 bits per heavy atom. The molecule has 32 heavy (non-hydrogen) atoms. The molecule has 182 valence electrons. The second-order valence-electron chi connectivity index (χ2n) is 8.52. The topological polar surface area (TPSA) is 134 Å². The van der Waals surface area contributed by atoms with Crippen LogP contribution in [0.5, 0.6) is 0 Å². The predicted molar refractivity (Wildman–Crippen MR) is 118 cm³/mol. The summed E-state index contributed by atoms with van der Waals surface area (Å²) in [5.74, 6) is -2.49. The number of Topliss-reactive ketones (excluding diaryl/α,β-unsaturated/α-hetero) is 1. The zero-order chi connectivity index (χ0) is 24.3. The molecule has 3 N–H and O–H groups in total. The van der Waals surface area contributed by atoms with Gasteiger partial charge in [-0.05, 0) is 24.7 Å². The van der Waals surface area contributed by atoms with E-state index in [-0.39, 0.29) is 42.5 Å². The summed E-state index contributed by atoms with van der Waals surface area (Å²) in [5.41, 5.74) is 2.94. The van der Waals surface area contributed by atoms with Crippen LogP contribution in [-0.2, 0) is 28.7 Å². The van der Waals surface area contributed by atoms with Crippen LogP contribution < -0.4 is 16.1 Å². The van der Waals surface area contributed by atoms with Crippen LogP contribution in [0.1, 0.15) is 53.4 Å². The number of esters is 1. The summed E-state index contributed by atoms with van der Waals surface area (Å²) in [6.45, 7) is 7.61. The van der Waals surface area contributed by atoms with Gasteiger partial charge in [0.2, 0.25) is 17.7 Å². The van der Waals surface area contributed by atoms with Crippen LogP contribution in [0.15, 0.2) is 0 Å². The molecular weight excluding hydrogens is 440 g/mol. The van der Waals surface area contributed by atoms with E-state index in [1.165, 1.54) is 5.01 Å². The SMILES string of the molecule is CC(C)CC(=O)NCCC(=O)N1NCCC[C@H]1C(=O)N[C@@H](C(=O)COC(=O)CCl)C(C)C. The Morgan fingerprint density at radius 3 is 2.44 bits per heavy atom. The van der Waals surface area contributed by atoms with E-state index in [9.17, 15) is 24.0 Å². The van der Waals surface area contributed by atoms with Gasteiger partial charge in [-0.3, -0.25) is 29.0 Å². The molecule has 1 aliphatic rings. The molecule has 2 atom stereocenters. The van der Waals surface area contributed by atoms with E-state index in [1.807, 2.05) is 13.8 Å². The van der Waals surface area contributed by atoms with Gasteiger partial charge in [0.25, 0.3) is 0 Å². The summed E-state index contributed by atoms with van der Waals surface area (Å²) in [5, 5.41) is 6.68. The first-order valence-corrected chi connectivity index (χ1v) is 11.5. The third-order valence-corrected chi connectivity index (χ3v) is 5.09. The van der Waals surface area contributed by atoms with Crippen molar-refractivity contribution in [2.75, 3.05) is 25.6 Å². The van der Waals surface area contributed by atoms with Crippen molar-refractivity contribution in [2.24, 2.45) is 11.8 Å². The van der Waals surface area contributed by atoms with E-state index < -0.39 is 36.4 Å². The van der Waals surface area contributed by atoms with Crippen LogP contribution in [-0.4, -0.2) is 72.1 Å². The highest BCUT2D eigenvalue weighted by molar-refractivity contribution is 6.26. The van der Waals surface area contributed by atoms with Gasteiger partial charge in [-0.25, -0.2) is 5.43 Å². The van der Waals surface area contributed by atoms with Crippen molar-refractivity contribution in [1.29, 1.82) is 0 Å². The lowest BCUT2D eigenvalue weighted by atomic mass is 9.98. The van der Waals surface area contributed by atoms with E-state index in [0.717, 1.165) is 0 Å². The van der Waals surface area contributed by atoms with Crippen molar-refractivity contribution in [2.45, 2.75) is 65.5 Å². The third kappa shape index (κ3) is 9.52. The van der Waals surface area contributed by atoms with Gasteiger partial charge in [-0.15, -0.1) is 11.6 Å². The number of nitrogens with one attached hydrogen (secondary N) is 3. The van der Waals surface area contributed by atoms with Crippen molar-refractivity contribution in [3.63, 3.8) is 0 Å². The Kier molecular flexibility index (Phi) is 12.2. The highest BCUT2D eigenvalue weighted by Crippen LogP contribution is 2.14. The molecule has 0 saturated carbocycles. The smallest absolute Gasteiger partial charge is 0.321 e. The molecule has 3 amide bonds. The largest absolute Gasteiger partial charge is 0.457 e. The molecule has 1 saturated heterocycles. The van der Waals surface area contributed by atoms with E-state index in [2.05, 4.69) is 16.1 Å². The number of hydrogen-bond acceptors (Lipinski definition) is 7. The minimum absolute atomic E-state index is 0.0432. The maximum absolute atomic E-state index is 12.9. The van der Waals surface area contributed by atoms with Crippen molar-refractivity contribution < 1.29 is 28.7 Å². The minimum atomic E-state index is -0.875. The van der Waals surface area contributed by atoms with Gasteiger partial charge >= 0.3 is 5.97 Å². The summed E-state index contributed by atoms with van der Waals surface area (Å²) in [4.78, 5) is 61.0. The zero-order valence-electron chi connectivity index (χ0n) is 19.2. The number of hydrogen-bond donors (Lipinski definition) is 3. The Hall–Kier alpha value is -2.20. The monoisotopic (exact) mass is 474 g/mol. The molecule has 1 aliphatic heterocycles. The average molecular weight is 475 g/mol. The Morgan fingerprint density at radius 1 is 1.16 bits per heavy atom. The fourth-order valence-corrected chi connectivity index (χ4v) is 3.34. The minimum Gasteiger partial charge on any atom is -0.457 e.